The first kappa shape index (κ1) is 8.18. The van der Waals surface area contributed by atoms with E-state index in [2.05, 4.69) is 15.5 Å². The number of aliphatic hydroxyl groups is 1. The first-order valence-corrected chi connectivity index (χ1v) is 3.97. The first-order chi connectivity index (χ1) is 6.18. The molecule has 2 aliphatic heterocycles. The van der Waals surface area contributed by atoms with Crippen LogP contribution in [0.2, 0.25) is 0 Å². The molecule has 0 spiro atoms. The number of azo groups is 1. The second-order valence-electron chi connectivity index (χ2n) is 3.08. The summed E-state index contributed by atoms with van der Waals surface area (Å²) in [5.41, 5.74) is 0.631. The number of rotatable bonds is 1. The van der Waals surface area contributed by atoms with Gasteiger partial charge in [-0.1, -0.05) is 0 Å². The first-order valence-electron chi connectivity index (χ1n) is 3.97. The molecule has 70 valence electrons. The summed E-state index contributed by atoms with van der Waals surface area (Å²) in [6.45, 7) is 0.430. The van der Waals surface area contributed by atoms with E-state index in [1.54, 1.807) is 0 Å². The van der Waals surface area contributed by atoms with E-state index in [4.69, 9.17) is 5.11 Å². The Morgan fingerprint density at radius 1 is 1.62 bits per heavy atom. The SMILES string of the molecule is O=C(O)[C@@H]1CC2=C(O)N=N[C@@H]2CN1. The quantitative estimate of drug-likeness (QED) is 0.534. The number of aliphatic hydroxyl groups excluding tert-OH is 1. The van der Waals surface area contributed by atoms with E-state index in [-0.39, 0.29) is 18.3 Å². The van der Waals surface area contributed by atoms with Crippen LogP contribution in [-0.2, 0) is 4.79 Å². The molecule has 2 aliphatic rings. The van der Waals surface area contributed by atoms with Crippen LogP contribution in [0.25, 0.3) is 0 Å². The van der Waals surface area contributed by atoms with E-state index in [0.29, 0.717) is 12.1 Å². The number of carboxylic acid groups (broad SMARTS) is 1. The number of piperidine rings is 1. The number of carbonyl (C=O) groups is 1. The van der Waals surface area contributed by atoms with Crippen LogP contribution in [0.1, 0.15) is 6.42 Å². The molecule has 0 aromatic carbocycles. The zero-order chi connectivity index (χ0) is 9.42. The molecule has 0 aliphatic carbocycles. The van der Waals surface area contributed by atoms with Crippen LogP contribution >= 0.6 is 0 Å². The van der Waals surface area contributed by atoms with Crippen molar-refractivity contribution in [3.63, 3.8) is 0 Å². The van der Waals surface area contributed by atoms with E-state index < -0.39 is 12.0 Å². The van der Waals surface area contributed by atoms with Crippen molar-refractivity contribution in [3.05, 3.63) is 11.5 Å². The lowest BCUT2D eigenvalue weighted by atomic mass is 9.96. The third-order valence-electron chi connectivity index (χ3n) is 2.26. The molecule has 0 aromatic heterocycles. The molecule has 3 N–H and O–H groups in total. The molecule has 0 bridgehead atoms. The summed E-state index contributed by atoms with van der Waals surface area (Å²) >= 11 is 0. The third-order valence-corrected chi connectivity index (χ3v) is 2.26. The van der Waals surface area contributed by atoms with Gasteiger partial charge in [-0.15, -0.1) is 5.11 Å². The predicted octanol–water partition coefficient (Wildman–Crippen LogP) is 0.0369. The van der Waals surface area contributed by atoms with E-state index >= 15 is 0 Å². The van der Waals surface area contributed by atoms with Crippen LogP contribution in [0.15, 0.2) is 21.7 Å². The van der Waals surface area contributed by atoms with Crippen molar-refractivity contribution in [2.75, 3.05) is 6.54 Å². The minimum atomic E-state index is -0.911. The van der Waals surface area contributed by atoms with Gasteiger partial charge in [0, 0.05) is 18.5 Å². The maximum Gasteiger partial charge on any atom is 0.321 e. The molecule has 6 heteroatoms. The molecule has 2 rings (SSSR count). The number of nitrogens with one attached hydrogen (secondary N) is 1. The molecule has 0 aromatic rings. The van der Waals surface area contributed by atoms with E-state index in [0.717, 1.165) is 0 Å². The topological polar surface area (TPSA) is 94.3 Å². The van der Waals surface area contributed by atoms with Gasteiger partial charge in [0.1, 0.15) is 12.1 Å². The monoisotopic (exact) mass is 183 g/mol. The van der Waals surface area contributed by atoms with E-state index in [1.165, 1.54) is 0 Å². The summed E-state index contributed by atoms with van der Waals surface area (Å²) in [5, 5.41) is 28.0. The fraction of sp³-hybridized carbons (Fsp3) is 0.571. The molecule has 2 heterocycles. The average Bonchev–Trinajstić information content (AvgIpc) is 2.47. The fourth-order valence-electron chi connectivity index (χ4n) is 1.52. The minimum absolute atomic E-state index is 0.113. The normalized spacial score (nSPS) is 32.0. The lowest BCUT2D eigenvalue weighted by Crippen LogP contribution is -2.46. The number of nitrogens with zero attached hydrogens (tertiary/aromatic N) is 2. The molecule has 0 radical (unpaired) electrons. The number of aliphatic carboxylic acids is 1. The van der Waals surface area contributed by atoms with Gasteiger partial charge in [-0.05, 0) is 0 Å². The van der Waals surface area contributed by atoms with Crippen LogP contribution in [0.3, 0.4) is 0 Å². The largest absolute Gasteiger partial charge is 0.492 e. The zero-order valence-corrected chi connectivity index (χ0v) is 6.77. The Hall–Kier alpha value is -1.43. The molecular formula is C7H9N3O3. The summed E-state index contributed by atoms with van der Waals surface area (Å²) in [5.74, 6) is -1.02. The van der Waals surface area contributed by atoms with Crippen molar-refractivity contribution in [3.8, 4) is 0 Å². The lowest BCUT2D eigenvalue weighted by Gasteiger charge is -2.24. The van der Waals surface area contributed by atoms with Crippen LogP contribution in [0.5, 0.6) is 0 Å². The molecule has 1 fully saturated rings. The Balaban J connectivity index is 2.16. The van der Waals surface area contributed by atoms with Crippen molar-refractivity contribution in [1.29, 1.82) is 0 Å². The van der Waals surface area contributed by atoms with Gasteiger partial charge in [0.05, 0.1) is 0 Å². The summed E-state index contributed by atoms with van der Waals surface area (Å²) < 4.78 is 0. The second-order valence-corrected chi connectivity index (χ2v) is 3.08. The van der Waals surface area contributed by atoms with Crippen molar-refractivity contribution in [2.45, 2.75) is 18.5 Å². The smallest absolute Gasteiger partial charge is 0.321 e. The standard InChI is InChI=1S/C7H9N3O3/c11-6-3-1-4(7(12)13)8-2-5(3)9-10-6/h4-5,8,11H,1-2H2,(H,12,13)/t4-,5+/m0/s1. The van der Waals surface area contributed by atoms with Crippen molar-refractivity contribution in [1.82, 2.24) is 5.32 Å². The molecule has 6 nitrogen and oxygen atoms in total. The highest BCUT2D eigenvalue weighted by Crippen LogP contribution is 2.27. The molecular weight excluding hydrogens is 174 g/mol. The van der Waals surface area contributed by atoms with Crippen molar-refractivity contribution in [2.24, 2.45) is 10.2 Å². The Morgan fingerprint density at radius 2 is 2.38 bits per heavy atom. The number of fused-ring (bicyclic) bond motifs is 1. The highest BCUT2D eigenvalue weighted by atomic mass is 16.4. The third kappa shape index (κ3) is 1.29. The van der Waals surface area contributed by atoms with Gasteiger partial charge in [0.2, 0.25) is 5.88 Å². The van der Waals surface area contributed by atoms with Crippen LogP contribution in [-0.4, -0.2) is 34.8 Å². The molecule has 1 saturated heterocycles. The van der Waals surface area contributed by atoms with E-state index in [9.17, 15) is 9.90 Å². The highest BCUT2D eigenvalue weighted by Gasteiger charge is 2.34. The molecule has 13 heavy (non-hydrogen) atoms. The maximum absolute atomic E-state index is 10.6. The maximum atomic E-state index is 10.6. The van der Waals surface area contributed by atoms with Gasteiger partial charge in [-0.2, -0.15) is 5.11 Å². The highest BCUT2D eigenvalue weighted by molar-refractivity contribution is 5.74. The second kappa shape index (κ2) is 2.81. The zero-order valence-electron chi connectivity index (χ0n) is 6.77. The Morgan fingerprint density at radius 3 is 3.08 bits per heavy atom. The van der Waals surface area contributed by atoms with Gasteiger partial charge in [0.25, 0.3) is 0 Å². The van der Waals surface area contributed by atoms with Crippen LogP contribution in [0, 0.1) is 0 Å². The van der Waals surface area contributed by atoms with Crippen molar-refractivity contribution >= 4 is 5.97 Å². The van der Waals surface area contributed by atoms with Crippen molar-refractivity contribution < 1.29 is 15.0 Å². The number of hydrogen-bond donors (Lipinski definition) is 3. The average molecular weight is 183 g/mol. The number of carboxylic acids is 1. The summed E-state index contributed by atoms with van der Waals surface area (Å²) in [6, 6.07) is -0.799. The lowest BCUT2D eigenvalue weighted by molar-refractivity contribution is -0.139. The Kier molecular flexibility index (Phi) is 1.77. The summed E-state index contributed by atoms with van der Waals surface area (Å²) in [4.78, 5) is 10.6. The number of hydrogen-bond acceptors (Lipinski definition) is 5. The Bertz CT molecular complexity index is 310. The molecule has 0 saturated carbocycles. The predicted molar refractivity (Wildman–Crippen MR) is 42.3 cm³/mol. The minimum Gasteiger partial charge on any atom is -0.492 e. The van der Waals surface area contributed by atoms with Gasteiger partial charge in [0.15, 0.2) is 0 Å². The van der Waals surface area contributed by atoms with E-state index in [1.807, 2.05) is 0 Å². The van der Waals surface area contributed by atoms with Gasteiger partial charge in [-0.3, -0.25) is 4.79 Å². The van der Waals surface area contributed by atoms with Crippen LogP contribution < -0.4 is 5.32 Å². The molecule has 0 amide bonds. The fourth-order valence-corrected chi connectivity index (χ4v) is 1.52. The van der Waals surface area contributed by atoms with Crippen LogP contribution in [0.4, 0.5) is 0 Å². The van der Waals surface area contributed by atoms with Gasteiger partial charge < -0.3 is 15.5 Å². The Labute approximate surface area is 74.0 Å². The molecule has 2 atom stereocenters. The van der Waals surface area contributed by atoms with Gasteiger partial charge in [-0.25, -0.2) is 0 Å². The summed E-state index contributed by atoms with van der Waals surface area (Å²) in [6.07, 6.45) is 0.277. The van der Waals surface area contributed by atoms with Gasteiger partial charge >= 0.3 is 5.97 Å². The summed E-state index contributed by atoms with van der Waals surface area (Å²) in [7, 11) is 0. The molecule has 0 unspecified atom stereocenters.